The van der Waals surface area contributed by atoms with Gasteiger partial charge in [0.05, 0.1) is 11.3 Å². The van der Waals surface area contributed by atoms with Gasteiger partial charge in [-0.2, -0.15) is 4.39 Å². The van der Waals surface area contributed by atoms with Crippen molar-refractivity contribution in [3.63, 3.8) is 0 Å². The molecular weight excluding hydrogens is 299 g/mol. The van der Waals surface area contributed by atoms with Crippen LogP contribution in [0.15, 0.2) is 16.7 Å². The molecule has 5 heteroatoms. The second-order valence-corrected chi connectivity index (χ2v) is 6.90. The van der Waals surface area contributed by atoms with Gasteiger partial charge in [-0.15, -0.1) is 0 Å². The minimum Gasteiger partial charge on any atom is -0.366 e. The quantitative estimate of drug-likeness (QED) is 0.782. The third kappa shape index (κ3) is 3.01. The van der Waals surface area contributed by atoms with Crippen LogP contribution in [0.3, 0.4) is 0 Å². The summed E-state index contributed by atoms with van der Waals surface area (Å²) in [6.07, 6.45) is 1.46. The van der Waals surface area contributed by atoms with E-state index in [-0.39, 0.29) is 11.2 Å². The van der Waals surface area contributed by atoms with Gasteiger partial charge in [-0.3, -0.25) is 0 Å². The number of hydrogen-bond acceptors (Lipinski definition) is 3. The average molecular weight is 317 g/mol. The summed E-state index contributed by atoms with van der Waals surface area (Å²) in [7, 11) is 0. The summed E-state index contributed by atoms with van der Waals surface area (Å²) >= 11 is 3.31. The molecule has 0 saturated carbocycles. The van der Waals surface area contributed by atoms with Gasteiger partial charge in [0.15, 0.2) is 0 Å². The van der Waals surface area contributed by atoms with Crippen LogP contribution in [-0.4, -0.2) is 29.3 Å². The molecule has 100 valence electrons. The highest BCUT2D eigenvalue weighted by atomic mass is 79.9. The van der Waals surface area contributed by atoms with Crippen molar-refractivity contribution in [2.75, 3.05) is 18.0 Å². The lowest BCUT2D eigenvalue weighted by Gasteiger charge is -2.51. The van der Waals surface area contributed by atoms with Gasteiger partial charge in [-0.25, -0.2) is 4.98 Å². The van der Waals surface area contributed by atoms with Crippen molar-refractivity contribution in [3.8, 4) is 0 Å². The predicted octanol–water partition coefficient (Wildman–Crippen LogP) is 3.38. The van der Waals surface area contributed by atoms with E-state index in [1.165, 1.54) is 6.20 Å². The van der Waals surface area contributed by atoms with Crippen LogP contribution >= 0.6 is 15.9 Å². The first-order valence-electron chi connectivity index (χ1n) is 5.95. The standard InChI is InChI=1S/C13H18BrFN2O/c1-12(2,3)18-13(4)7-17(8-13)10-5-9(14)6-16-11(10)15/h5-6H,7-8H2,1-4H3. The van der Waals surface area contributed by atoms with Crippen molar-refractivity contribution in [2.24, 2.45) is 0 Å². The Labute approximate surface area is 115 Å². The number of nitrogens with zero attached hydrogens (tertiary/aromatic N) is 2. The van der Waals surface area contributed by atoms with E-state index in [9.17, 15) is 4.39 Å². The van der Waals surface area contributed by atoms with E-state index in [2.05, 4.69) is 27.8 Å². The monoisotopic (exact) mass is 316 g/mol. The Balaban J connectivity index is 2.06. The van der Waals surface area contributed by atoms with Gasteiger partial charge in [0.2, 0.25) is 5.95 Å². The molecule has 1 fully saturated rings. The Morgan fingerprint density at radius 3 is 2.61 bits per heavy atom. The van der Waals surface area contributed by atoms with Crippen molar-refractivity contribution < 1.29 is 9.13 Å². The van der Waals surface area contributed by atoms with Crippen LogP contribution in [0, 0.1) is 5.95 Å². The molecule has 1 saturated heterocycles. The van der Waals surface area contributed by atoms with E-state index < -0.39 is 5.95 Å². The minimum absolute atomic E-state index is 0.186. The molecule has 0 aliphatic carbocycles. The zero-order chi connectivity index (χ0) is 13.6. The third-order valence-electron chi connectivity index (χ3n) is 2.73. The number of aromatic nitrogens is 1. The normalized spacial score (nSPS) is 18.7. The summed E-state index contributed by atoms with van der Waals surface area (Å²) in [6.45, 7) is 9.50. The van der Waals surface area contributed by atoms with Gasteiger partial charge < -0.3 is 9.64 Å². The average Bonchev–Trinajstić information content (AvgIpc) is 2.15. The summed E-state index contributed by atoms with van der Waals surface area (Å²) in [5.74, 6) is -0.434. The van der Waals surface area contributed by atoms with Crippen LogP contribution in [0.2, 0.25) is 0 Å². The fraction of sp³-hybridized carbons (Fsp3) is 0.615. The topological polar surface area (TPSA) is 25.4 Å². The molecule has 18 heavy (non-hydrogen) atoms. The molecule has 0 radical (unpaired) electrons. The third-order valence-corrected chi connectivity index (χ3v) is 3.16. The second kappa shape index (κ2) is 4.46. The van der Waals surface area contributed by atoms with E-state index in [1.54, 1.807) is 6.07 Å². The Morgan fingerprint density at radius 2 is 2.06 bits per heavy atom. The van der Waals surface area contributed by atoms with Gasteiger partial charge in [-0.05, 0) is 49.7 Å². The predicted molar refractivity (Wildman–Crippen MR) is 73.4 cm³/mol. The molecule has 1 aromatic heterocycles. The van der Waals surface area contributed by atoms with Crippen molar-refractivity contribution in [1.82, 2.24) is 4.98 Å². The lowest BCUT2D eigenvalue weighted by molar-refractivity contribution is -0.134. The van der Waals surface area contributed by atoms with Crippen LogP contribution in [0.25, 0.3) is 0 Å². The van der Waals surface area contributed by atoms with E-state index in [0.29, 0.717) is 18.8 Å². The summed E-state index contributed by atoms with van der Waals surface area (Å²) in [4.78, 5) is 5.65. The maximum atomic E-state index is 13.6. The number of anilines is 1. The van der Waals surface area contributed by atoms with Crippen molar-refractivity contribution in [1.29, 1.82) is 0 Å². The highest BCUT2D eigenvalue weighted by Gasteiger charge is 2.43. The van der Waals surface area contributed by atoms with E-state index in [0.717, 1.165) is 4.47 Å². The molecule has 1 aliphatic heterocycles. The second-order valence-electron chi connectivity index (χ2n) is 5.98. The molecule has 3 nitrogen and oxygen atoms in total. The molecular formula is C13H18BrFN2O. The zero-order valence-electron chi connectivity index (χ0n) is 11.1. The Morgan fingerprint density at radius 1 is 1.44 bits per heavy atom. The Kier molecular flexibility index (Phi) is 3.40. The van der Waals surface area contributed by atoms with Crippen molar-refractivity contribution in [2.45, 2.75) is 38.9 Å². The first-order valence-corrected chi connectivity index (χ1v) is 6.74. The van der Waals surface area contributed by atoms with Crippen LogP contribution < -0.4 is 4.90 Å². The van der Waals surface area contributed by atoms with Gasteiger partial charge in [0.25, 0.3) is 0 Å². The fourth-order valence-corrected chi connectivity index (χ4v) is 2.69. The van der Waals surface area contributed by atoms with Crippen LogP contribution in [0.4, 0.5) is 10.1 Å². The SMILES string of the molecule is CC(C)(C)OC1(C)CN(c2cc(Br)cnc2F)C1. The summed E-state index contributed by atoms with van der Waals surface area (Å²) in [5, 5.41) is 0. The molecule has 0 N–H and O–H groups in total. The summed E-state index contributed by atoms with van der Waals surface area (Å²) < 4.78 is 20.4. The lowest BCUT2D eigenvalue weighted by atomic mass is 9.94. The maximum Gasteiger partial charge on any atom is 0.236 e. The van der Waals surface area contributed by atoms with Crippen LogP contribution in [-0.2, 0) is 4.74 Å². The number of halogens is 2. The highest BCUT2D eigenvalue weighted by molar-refractivity contribution is 9.10. The first-order chi connectivity index (χ1) is 8.19. The number of rotatable bonds is 2. The molecule has 0 amide bonds. The molecule has 2 heterocycles. The van der Waals surface area contributed by atoms with Gasteiger partial charge in [0.1, 0.15) is 5.60 Å². The Bertz CT molecular complexity index is 453. The van der Waals surface area contributed by atoms with Gasteiger partial charge in [-0.1, -0.05) is 0 Å². The summed E-state index contributed by atoms with van der Waals surface area (Å²) in [5.41, 5.74) is 0.126. The molecule has 0 spiro atoms. The van der Waals surface area contributed by atoms with Gasteiger partial charge >= 0.3 is 0 Å². The zero-order valence-corrected chi connectivity index (χ0v) is 12.7. The van der Waals surface area contributed by atoms with E-state index in [1.807, 2.05) is 25.7 Å². The van der Waals surface area contributed by atoms with Crippen molar-refractivity contribution in [3.05, 3.63) is 22.7 Å². The van der Waals surface area contributed by atoms with E-state index >= 15 is 0 Å². The number of hydrogen-bond donors (Lipinski definition) is 0. The lowest BCUT2D eigenvalue weighted by Crippen LogP contribution is -2.63. The first kappa shape index (κ1) is 13.7. The maximum absolute atomic E-state index is 13.6. The molecule has 0 bridgehead atoms. The largest absolute Gasteiger partial charge is 0.366 e. The number of pyridine rings is 1. The molecule has 1 aliphatic rings. The highest BCUT2D eigenvalue weighted by Crippen LogP contribution is 2.35. The molecule has 0 atom stereocenters. The Hall–Kier alpha value is -0.680. The van der Waals surface area contributed by atoms with Gasteiger partial charge in [0, 0.05) is 23.8 Å². The van der Waals surface area contributed by atoms with Crippen molar-refractivity contribution >= 4 is 21.6 Å². The molecule has 0 unspecified atom stereocenters. The minimum atomic E-state index is -0.434. The fourth-order valence-electron chi connectivity index (χ4n) is 2.37. The number of ether oxygens (including phenoxy) is 1. The molecule has 2 rings (SSSR count). The van der Waals surface area contributed by atoms with Crippen LogP contribution in [0.5, 0.6) is 0 Å². The van der Waals surface area contributed by atoms with E-state index in [4.69, 9.17) is 4.74 Å². The smallest absolute Gasteiger partial charge is 0.236 e. The van der Waals surface area contributed by atoms with Crippen LogP contribution in [0.1, 0.15) is 27.7 Å². The molecule has 1 aromatic rings. The summed E-state index contributed by atoms with van der Waals surface area (Å²) in [6, 6.07) is 1.75. The molecule has 0 aromatic carbocycles.